The number of carbonyl (C=O) groups excluding carboxylic acids is 1. The molecule has 2 aromatic carbocycles. The smallest absolute Gasteiger partial charge is 0.319 e. The van der Waals surface area contributed by atoms with E-state index in [0.717, 1.165) is 36.6 Å². The summed E-state index contributed by atoms with van der Waals surface area (Å²) in [5.74, 6) is 0.308. The standard InChI is InChI=1S/C24H29FN4O2/c1-4-11-24(12-5-2)14-20(17-13-16(25)9-10-22(17)31-24)28-23(30)27-19-7-6-8-21-18(19)15-26-29(21)3/h6-10,13,15,20H,4-5,11-12,14H2,1-3H3,(H2,27,28,30)/t20-/m1/s1. The maximum Gasteiger partial charge on any atom is 0.319 e. The first-order valence-electron chi connectivity index (χ1n) is 10.9. The molecule has 2 amide bonds. The van der Waals surface area contributed by atoms with E-state index in [-0.39, 0.29) is 23.5 Å². The van der Waals surface area contributed by atoms with Crippen LogP contribution in [0.25, 0.3) is 10.9 Å². The molecule has 1 aliphatic heterocycles. The molecule has 1 atom stereocenters. The second kappa shape index (κ2) is 8.57. The quantitative estimate of drug-likeness (QED) is 0.534. The number of halogens is 1. The number of anilines is 1. The molecule has 2 N–H and O–H groups in total. The van der Waals surface area contributed by atoms with Crippen LogP contribution in [-0.4, -0.2) is 21.4 Å². The molecule has 3 aromatic rings. The molecule has 7 heteroatoms. The Hall–Kier alpha value is -3.09. The molecule has 0 spiro atoms. The average molecular weight is 425 g/mol. The molecule has 0 radical (unpaired) electrons. The number of nitrogens with zero attached hydrogens (tertiary/aromatic N) is 2. The number of amides is 2. The maximum atomic E-state index is 14.0. The lowest BCUT2D eigenvalue weighted by molar-refractivity contribution is 0.0145. The average Bonchev–Trinajstić information content (AvgIpc) is 3.11. The second-order valence-electron chi connectivity index (χ2n) is 8.33. The van der Waals surface area contributed by atoms with Gasteiger partial charge in [0.05, 0.1) is 23.4 Å². The SMILES string of the molecule is CCCC1(CCC)C[C@@H](NC(=O)Nc2cccc3c2cnn3C)c2cc(F)ccc2O1. The number of aryl methyl sites for hydroxylation is 1. The van der Waals surface area contributed by atoms with Crippen LogP contribution in [0, 0.1) is 5.82 Å². The van der Waals surface area contributed by atoms with Crippen molar-refractivity contribution in [3.8, 4) is 5.75 Å². The molecule has 0 aliphatic carbocycles. The second-order valence-corrected chi connectivity index (χ2v) is 8.33. The first-order valence-corrected chi connectivity index (χ1v) is 10.9. The van der Waals surface area contributed by atoms with Crippen molar-refractivity contribution in [2.24, 2.45) is 7.05 Å². The highest BCUT2D eigenvalue weighted by atomic mass is 19.1. The number of ether oxygens (including phenoxy) is 1. The van der Waals surface area contributed by atoms with Gasteiger partial charge in [0, 0.05) is 24.4 Å². The first-order chi connectivity index (χ1) is 14.9. The lowest BCUT2D eigenvalue weighted by atomic mass is 9.81. The third-order valence-electron chi connectivity index (χ3n) is 6.01. The summed E-state index contributed by atoms with van der Waals surface area (Å²) in [4.78, 5) is 13.0. The summed E-state index contributed by atoms with van der Waals surface area (Å²) >= 11 is 0. The predicted octanol–water partition coefficient (Wildman–Crippen LogP) is 5.70. The minimum atomic E-state index is -0.365. The van der Waals surface area contributed by atoms with Crippen molar-refractivity contribution in [2.45, 2.75) is 57.6 Å². The van der Waals surface area contributed by atoms with E-state index < -0.39 is 0 Å². The van der Waals surface area contributed by atoms with Gasteiger partial charge >= 0.3 is 6.03 Å². The van der Waals surface area contributed by atoms with Gasteiger partial charge in [-0.05, 0) is 43.2 Å². The van der Waals surface area contributed by atoms with Crippen LogP contribution in [-0.2, 0) is 7.05 Å². The van der Waals surface area contributed by atoms with E-state index in [4.69, 9.17) is 4.74 Å². The minimum absolute atomic E-state index is 0.333. The molecule has 1 aliphatic rings. The van der Waals surface area contributed by atoms with Crippen molar-refractivity contribution < 1.29 is 13.9 Å². The van der Waals surface area contributed by atoms with Crippen molar-refractivity contribution in [1.82, 2.24) is 15.1 Å². The molecular weight excluding hydrogens is 395 g/mol. The monoisotopic (exact) mass is 424 g/mol. The maximum absolute atomic E-state index is 14.0. The molecule has 0 unspecified atom stereocenters. The predicted molar refractivity (Wildman–Crippen MR) is 120 cm³/mol. The van der Waals surface area contributed by atoms with Crippen LogP contribution < -0.4 is 15.4 Å². The number of hydrogen-bond donors (Lipinski definition) is 2. The molecule has 31 heavy (non-hydrogen) atoms. The van der Waals surface area contributed by atoms with Gasteiger partial charge < -0.3 is 15.4 Å². The van der Waals surface area contributed by atoms with Gasteiger partial charge in [-0.15, -0.1) is 0 Å². The summed E-state index contributed by atoms with van der Waals surface area (Å²) in [7, 11) is 1.86. The van der Waals surface area contributed by atoms with Gasteiger partial charge in [-0.25, -0.2) is 9.18 Å². The zero-order chi connectivity index (χ0) is 22.0. The van der Waals surface area contributed by atoms with E-state index in [9.17, 15) is 9.18 Å². The number of aromatic nitrogens is 2. The van der Waals surface area contributed by atoms with Crippen LogP contribution in [0.1, 0.15) is 57.6 Å². The van der Waals surface area contributed by atoms with E-state index >= 15 is 0 Å². The van der Waals surface area contributed by atoms with E-state index in [0.29, 0.717) is 23.4 Å². The van der Waals surface area contributed by atoms with Crippen LogP contribution in [0.15, 0.2) is 42.6 Å². The summed E-state index contributed by atoms with van der Waals surface area (Å²) in [5, 5.41) is 11.1. The van der Waals surface area contributed by atoms with Crippen LogP contribution in [0.5, 0.6) is 5.75 Å². The highest BCUT2D eigenvalue weighted by Gasteiger charge is 2.40. The minimum Gasteiger partial charge on any atom is -0.487 e. The van der Waals surface area contributed by atoms with Crippen LogP contribution in [0.4, 0.5) is 14.9 Å². The molecule has 0 fully saturated rings. The highest BCUT2D eigenvalue weighted by molar-refractivity contribution is 6.00. The highest BCUT2D eigenvalue weighted by Crippen LogP contribution is 2.44. The number of rotatable bonds is 6. The Labute approximate surface area is 181 Å². The Morgan fingerprint density at radius 1 is 1.26 bits per heavy atom. The normalized spacial score (nSPS) is 17.1. The number of urea groups is 1. The molecule has 0 bridgehead atoms. The van der Waals surface area contributed by atoms with Crippen molar-refractivity contribution in [2.75, 3.05) is 5.32 Å². The summed E-state index contributed by atoms with van der Waals surface area (Å²) < 4.78 is 22.2. The molecule has 6 nitrogen and oxygen atoms in total. The Morgan fingerprint density at radius 3 is 2.77 bits per heavy atom. The molecule has 0 saturated carbocycles. The third-order valence-corrected chi connectivity index (χ3v) is 6.01. The first kappa shape index (κ1) is 21.2. The topological polar surface area (TPSA) is 68.2 Å². The Morgan fingerprint density at radius 2 is 2.03 bits per heavy atom. The lowest BCUT2D eigenvalue weighted by Gasteiger charge is -2.42. The molecule has 0 saturated heterocycles. The van der Waals surface area contributed by atoms with Gasteiger partial charge in [-0.1, -0.05) is 32.8 Å². The molecule has 164 valence electrons. The zero-order valence-electron chi connectivity index (χ0n) is 18.2. The van der Waals surface area contributed by atoms with Crippen molar-refractivity contribution in [3.05, 3.63) is 54.0 Å². The lowest BCUT2D eigenvalue weighted by Crippen LogP contribution is -2.46. The van der Waals surface area contributed by atoms with Gasteiger partial charge in [0.25, 0.3) is 0 Å². The fourth-order valence-electron chi connectivity index (χ4n) is 4.72. The van der Waals surface area contributed by atoms with E-state index in [1.54, 1.807) is 16.9 Å². The van der Waals surface area contributed by atoms with Crippen LogP contribution in [0.2, 0.25) is 0 Å². The Balaban J connectivity index is 1.61. The van der Waals surface area contributed by atoms with Gasteiger partial charge in [0.15, 0.2) is 0 Å². The Kier molecular flexibility index (Phi) is 5.85. The van der Waals surface area contributed by atoms with Gasteiger partial charge in [-0.3, -0.25) is 4.68 Å². The number of benzene rings is 2. The van der Waals surface area contributed by atoms with Crippen molar-refractivity contribution >= 4 is 22.6 Å². The van der Waals surface area contributed by atoms with E-state index in [2.05, 4.69) is 29.6 Å². The summed E-state index contributed by atoms with van der Waals surface area (Å²) in [6, 6.07) is 9.55. The van der Waals surface area contributed by atoms with Crippen LogP contribution in [0.3, 0.4) is 0 Å². The fourth-order valence-corrected chi connectivity index (χ4v) is 4.72. The van der Waals surface area contributed by atoms with E-state index in [1.807, 2.05) is 25.2 Å². The summed E-state index contributed by atoms with van der Waals surface area (Å²) in [6.45, 7) is 4.26. The Bertz CT molecular complexity index is 1090. The fraction of sp³-hybridized carbons (Fsp3) is 0.417. The number of carbonyl (C=O) groups is 1. The van der Waals surface area contributed by atoms with Crippen molar-refractivity contribution in [1.29, 1.82) is 0 Å². The molecule has 2 heterocycles. The van der Waals surface area contributed by atoms with Crippen LogP contribution >= 0.6 is 0 Å². The van der Waals surface area contributed by atoms with E-state index in [1.165, 1.54) is 12.1 Å². The molecule has 4 rings (SSSR count). The third kappa shape index (κ3) is 4.22. The number of hydrogen-bond acceptors (Lipinski definition) is 3. The van der Waals surface area contributed by atoms with Gasteiger partial charge in [0.2, 0.25) is 0 Å². The summed E-state index contributed by atoms with van der Waals surface area (Å²) in [5.41, 5.74) is 1.93. The number of nitrogens with one attached hydrogen (secondary N) is 2. The molecular formula is C24H29FN4O2. The molecule has 1 aromatic heterocycles. The largest absolute Gasteiger partial charge is 0.487 e. The van der Waals surface area contributed by atoms with Crippen molar-refractivity contribution in [3.63, 3.8) is 0 Å². The summed E-state index contributed by atoms with van der Waals surface area (Å²) in [6.07, 6.45) is 6.04. The zero-order valence-corrected chi connectivity index (χ0v) is 18.2. The van der Waals surface area contributed by atoms with Gasteiger partial charge in [0.1, 0.15) is 17.2 Å². The van der Waals surface area contributed by atoms with Gasteiger partial charge in [-0.2, -0.15) is 5.10 Å². The number of fused-ring (bicyclic) bond motifs is 2.